The quantitative estimate of drug-likeness (QED) is 0.520. The zero-order valence-corrected chi connectivity index (χ0v) is 6.73. The van der Waals surface area contributed by atoms with E-state index in [1.807, 2.05) is 0 Å². The van der Waals surface area contributed by atoms with Gasteiger partial charge >= 0.3 is 0 Å². The Labute approximate surface area is 74.3 Å². The summed E-state index contributed by atoms with van der Waals surface area (Å²) in [6, 6.07) is 4.67. The first-order chi connectivity index (χ1) is 6.27. The lowest BCUT2D eigenvalue weighted by molar-refractivity contribution is -0.384. The molecule has 5 heteroatoms. The molecule has 0 fully saturated rings. The number of rotatable bonds is 1. The molecular formula is C8H7N3O2. The molecule has 0 spiro atoms. The van der Waals surface area contributed by atoms with Gasteiger partial charge in [-0.05, 0) is 6.07 Å². The summed E-state index contributed by atoms with van der Waals surface area (Å²) in [6.45, 7) is 0.480. The van der Waals surface area contributed by atoms with E-state index in [-0.39, 0.29) is 5.69 Å². The second-order valence-electron chi connectivity index (χ2n) is 2.68. The van der Waals surface area contributed by atoms with Crippen molar-refractivity contribution in [2.45, 2.75) is 0 Å². The topological polar surface area (TPSA) is 67.5 Å². The van der Waals surface area contributed by atoms with E-state index in [0.717, 1.165) is 11.3 Å². The minimum absolute atomic E-state index is 0.0987. The molecule has 1 N–H and O–H groups in total. The minimum Gasteiger partial charge on any atom is -0.366 e. The summed E-state index contributed by atoms with van der Waals surface area (Å²) < 4.78 is 0. The second kappa shape index (κ2) is 2.85. The monoisotopic (exact) mass is 177 g/mol. The van der Waals surface area contributed by atoms with Crippen LogP contribution in [-0.2, 0) is 0 Å². The van der Waals surface area contributed by atoms with E-state index >= 15 is 0 Å². The summed E-state index contributed by atoms with van der Waals surface area (Å²) in [5.41, 5.74) is 1.75. The number of aliphatic imine (C=N–C) groups is 1. The maximum atomic E-state index is 10.4. The van der Waals surface area contributed by atoms with Gasteiger partial charge < -0.3 is 5.32 Å². The summed E-state index contributed by atoms with van der Waals surface area (Å²) in [5.74, 6) is 0. The molecule has 5 nitrogen and oxygen atoms in total. The van der Waals surface area contributed by atoms with E-state index in [9.17, 15) is 10.1 Å². The molecule has 0 bridgehead atoms. The van der Waals surface area contributed by atoms with Crippen LogP contribution >= 0.6 is 0 Å². The van der Waals surface area contributed by atoms with Crippen molar-refractivity contribution in [1.29, 1.82) is 0 Å². The normalized spacial score (nSPS) is 13.2. The number of non-ortho nitro benzene ring substituents is 1. The molecule has 2 rings (SSSR count). The third kappa shape index (κ3) is 1.35. The van der Waals surface area contributed by atoms with Crippen LogP contribution in [0.2, 0.25) is 0 Å². The Morgan fingerprint density at radius 2 is 2.38 bits per heavy atom. The highest BCUT2D eigenvalue weighted by molar-refractivity contribution is 5.90. The third-order valence-electron chi connectivity index (χ3n) is 1.84. The van der Waals surface area contributed by atoms with Gasteiger partial charge in [0.2, 0.25) is 0 Å². The summed E-state index contributed by atoms with van der Waals surface area (Å²) in [5, 5.41) is 13.4. The van der Waals surface area contributed by atoms with Gasteiger partial charge in [-0.2, -0.15) is 0 Å². The maximum Gasteiger partial charge on any atom is 0.271 e. The highest BCUT2D eigenvalue weighted by atomic mass is 16.6. The lowest BCUT2D eigenvalue weighted by Gasteiger charge is -2.10. The number of nitro benzene ring substituents is 1. The van der Waals surface area contributed by atoms with Crippen molar-refractivity contribution in [3.05, 3.63) is 33.9 Å². The van der Waals surface area contributed by atoms with E-state index in [2.05, 4.69) is 10.3 Å². The van der Waals surface area contributed by atoms with E-state index < -0.39 is 4.92 Å². The first kappa shape index (κ1) is 7.72. The molecule has 0 aromatic heterocycles. The Kier molecular flexibility index (Phi) is 1.70. The number of nitro groups is 1. The molecule has 0 radical (unpaired) electrons. The van der Waals surface area contributed by atoms with Crippen LogP contribution in [-0.4, -0.2) is 17.8 Å². The number of hydrogen-bond donors (Lipinski definition) is 1. The van der Waals surface area contributed by atoms with Crippen LogP contribution in [0.25, 0.3) is 0 Å². The SMILES string of the molecule is O=[N+]([O-])c1ccc2c(c1)NCN=C2. The number of benzene rings is 1. The molecule has 0 aliphatic carbocycles. The summed E-state index contributed by atoms with van der Waals surface area (Å²) in [7, 11) is 0. The predicted octanol–water partition coefficient (Wildman–Crippen LogP) is 1.40. The van der Waals surface area contributed by atoms with Crippen molar-refractivity contribution in [3.8, 4) is 0 Å². The lowest BCUT2D eigenvalue weighted by Crippen LogP contribution is -2.07. The number of nitrogens with zero attached hydrogens (tertiary/aromatic N) is 2. The average Bonchev–Trinajstić information content (AvgIpc) is 2.17. The molecule has 1 aromatic rings. The van der Waals surface area contributed by atoms with E-state index in [1.54, 1.807) is 12.3 Å². The van der Waals surface area contributed by atoms with Gasteiger partial charge in [-0.3, -0.25) is 15.1 Å². The van der Waals surface area contributed by atoms with Crippen molar-refractivity contribution in [3.63, 3.8) is 0 Å². The van der Waals surface area contributed by atoms with E-state index in [1.165, 1.54) is 12.1 Å². The molecule has 1 heterocycles. The fourth-order valence-electron chi connectivity index (χ4n) is 1.20. The zero-order valence-electron chi connectivity index (χ0n) is 6.73. The Bertz CT molecular complexity index is 387. The number of fused-ring (bicyclic) bond motifs is 1. The van der Waals surface area contributed by atoms with Crippen LogP contribution in [0.3, 0.4) is 0 Å². The van der Waals surface area contributed by atoms with Gasteiger partial charge in [0, 0.05) is 23.9 Å². The molecule has 13 heavy (non-hydrogen) atoms. The summed E-state index contributed by atoms with van der Waals surface area (Å²) in [4.78, 5) is 14.0. The Hall–Kier alpha value is -1.91. The van der Waals surface area contributed by atoms with Gasteiger partial charge in [0.15, 0.2) is 0 Å². The first-order valence-electron chi connectivity index (χ1n) is 3.79. The van der Waals surface area contributed by atoms with E-state index in [4.69, 9.17) is 0 Å². The third-order valence-corrected chi connectivity index (χ3v) is 1.84. The molecule has 1 aliphatic heterocycles. The van der Waals surface area contributed by atoms with Crippen molar-refractivity contribution in [2.24, 2.45) is 4.99 Å². The van der Waals surface area contributed by atoms with Gasteiger partial charge in [0.1, 0.15) is 6.67 Å². The van der Waals surface area contributed by atoms with Crippen LogP contribution in [0, 0.1) is 10.1 Å². The van der Waals surface area contributed by atoms with Gasteiger partial charge in [0.25, 0.3) is 5.69 Å². The zero-order chi connectivity index (χ0) is 9.26. The number of anilines is 1. The summed E-state index contributed by atoms with van der Waals surface area (Å²) in [6.07, 6.45) is 1.70. The van der Waals surface area contributed by atoms with Crippen molar-refractivity contribution < 1.29 is 4.92 Å². The molecular weight excluding hydrogens is 170 g/mol. The molecule has 1 aliphatic rings. The lowest BCUT2D eigenvalue weighted by atomic mass is 10.1. The van der Waals surface area contributed by atoms with Crippen molar-refractivity contribution in [2.75, 3.05) is 12.0 Å². The van der Waals surface area contributed by atoms with Crippen LogP contribution in [0.1, 0.15) is 5.56 Å². The molecule has 0 atom stereocenters. The highest BCUT2D eigenvalue weighted by Gasteiger charge is 2.10. The van der Waals surface area contributed by atoms with Gasteiger partial charge in [-0.1, -0.05) is 0 Å². The second-order valence-corrected chi connectivity index (χ2v) is 2.68. The smallest absolute Gasteiger partial charge is 0.271 e. The van der Waals surface area contributed by atoms with Crippen LogP contribution in [0.5, 0.6) is 0 Å². The fourth-order valence-corrected chi connectivity index (χ4v) is 1.20. The fraction of sp³-hybridized carbons (Fsp3) is 0.125. The van der Waals surface area contributed by atoms with Gasteiger partial charge in [-0.25, -0.2) is 0 Å². The largest absolute Gasteiger partial charge is 0.366 e. The minimum atomic E-state index is -0.409. The Balaban J connectivity index is 2.48. The van der Waals surface area contributed by atoms with Crippen LogP contribution in [0.4, 0.5) is 11.4 Å². The van der Waals surface area contributed by atoms with Gasteiger partial charge in [-0.15, -0.1) is 0 Å². The molecule has 0 saturated carbocycles. The van der Waals surface area contributed by atoms with Crippen LogP contribution < -0.4 is 5.32 Å². The van der Waals surface area contributed by atoms with Crippen molar-refractivity contribution >= 4 is 17.6 Å². The predicted molar refractivity (Wildman–Crippen MR) is 49.2 cm³/mol. The molecule has 1 aromatic carbocycles. The average molecular weight is 177 g/mol. The molecule has 0 unspecified atom stereocenters. The highest BCUT2D eigenvalue weighted by Crippen LogP contribution is 2.22. The van der Waals surface area contributed by atoms with Gasteiger partial charge in [0.05, 0.1) is 10.6 Å². The van der Waals surface area contributed by atoms with Crippen molar-refractivity contribution in [1.82, 2.24) is 0 Å². The van der Waals surface area contributed by atoms with E-state index in [0.29, 0.717) is 6.67 Å². The Morgan fingerprint density at radius 1 is 1.54 bits per heavy atom. The molecule has 0 amide bonds. The Morgan fingerprint density at radius 3 is 3.15 bits per heavy atom. The summed E-state index contributed by atoms with van der Waals surface area (Å²) >= 11 is 0. The molecule has 0 saturated heterocycles. The number of nitrogens with one attached hydrogen (secondary N) is 1. The number of hydrogen-bond acceptors (Lipinski definition) is 4. The molecule has 66 valence electrons. The maximum absolute atomic E-state index is 10.4. The standard InChI is InChI=1S/C8H7N3O2/c12-11(13)7-2-1-6-4-9-5-10-8(6)3-7/h1-4,10H,5H2. The van der Waals surface area contributed by atoms with Crippen LogP contribution in [0.15, 0.2) is 23.2 Å². The first-order valence-corrected chi connectivity index (χ1v) is 3.79.